The van der Waals surface area contributed by atoms with E-state index >= 15 is 0 Å². The lowest BCUT2D eigenvalue weighted by Gasteiger charge is -2.27. The van der Waals surface area contributed by atoms with Gasteiger partial charge in [0.15, 0.2) is 0 Å². The predicted molar refractivity (Wildman–Crippen MR) is 170 cm³/mol. The van der Waals surface area contributed by atoms with Crippen molar-refractivity contribution < 1.29 is 18.4 Å². The van der Waals surface area contributed by atoms with Crippen molar-refractivity contribution in [3.8, 4) is 0 Å². The maximum Gasteiger partial charge on any atom is 0.463 e. The molecule has 0 atom stereocenters. The van der Waals surface area contributed by atoms with E-state index in [1.54, 1.807) is 0 Å². The number of rotatable bonds is 30. The van der Waals surface area contributed by atoms with E-state index < -0.39 is 8.56 Å². The third-order valence-electron chi connectivity index (χ3n) is 8.15. The molecule has 0 unspecified atom stereocenters. The van der Waals surface area contributed by atoms with Crippen molar-refractivity contribution in [2.45, 2.75) is 207 Å². The Labute approximate surface area is 245 Å². The fourth-order valence-corrected chi connectivity index (χ4v) is 7.45. The third-order valence-corrected chi connectivity index (χ3v) is 11.5. The predicted octanol–water partition coefficient (Wildman–Crippen LogP) is 11.7. The first-order valence-corrected chi connectivity index (χ1v) is 19.7. The Morgan fingerprint density at radius 2 is 0.615 bits per heavy atom. The summed E-state index contributed by atoms with van der Waals surface area (Å²) in [5.41, 5.74) is 0. The molecule has 0 aromatic heterocycles. The Hall–Kier alpha value is -0.843. The molecule has 0 aromatic rings. The van der Waals surface area contributed by atoms with Crippen LogP contribution in [0, 0.1) is 0 Å². The first-order valence-electron chi connectivity index (χ1n) is 17.5. The summed E-state index contributed by atoms with van der Waals surface area (Å²) in [7, 11) is -2.77. The fraction of sp³-hybridized carbons (Fsp3) is 0.941. The lowest BCUT2D eigenvalue weighted by atomic mass is 10.0. The van der Waals surface area contributed by atoms with Crippen molar-refractivity contribution in [1.82, 2.24) is 0 Å². The minimum atomic E-state index is -2.77. The van der Waals surface area contributed by atoms with Crippen LogP contribution in [0.3, 0.4) is 0 Å². The number of hydrogen-bond donors (Lipinski definition) is 0. The van der Waals surface area contributed by atoms with Crippen LogP contribution in [0.2, 0.25) is 12.1 Å². The van der Waals surface area contributed by atoms with Crippen LogP contribution in [0.5, 0.6) is 0 Å². The molecule has 0 radical (unpaired) electrons. The highest BCUT2D eigenvalue weighted by molar-refractivity contribution is 6.70. The summed E-state index contributed by atoms with van der Waals surface area (Å²) in [5.74, 6) is -0.341. The number of unbranched alkanes of at least 4 members (excludes halogenated alkanes) is 22. The smallest absolute Gasteiger partial charge is 0.463 e. The van der Waals surface area contributed by atoms with Gasteiger partial charge in [0, 0.05) is 24.9 Å². The van der Waals surface area contributed by atoms with Crippen molar-refractivity contribution >= 4 is 20.5 Å². The zero-order chi connectivity index (χ0) is 28.9. The summed E-state index contributed by atoms with van der Waals surface area (Å²) in [6, 6.07) is 1.27. The molecule has 0 spiro atoms. The minimum Gasteiger partial charge on any atom is -0.485 e. The molecular weight excluding hydrogens is 500 g/mol. The summed E-state index contributed by atoms with van der Waals surface area (Å²) in [6.45, 7) is 8.51. The molecular formula is C34H68O4Si. The molecule has 0 rings (SSSR count). The molecule has 39 heavy (non-hydrogen) atoms. The van der Waals surface area contributed by atoms with Crippen molar-refractivity contribution in [2.75, 3.05) is 0 Å². The zero-order valence-electron chi connectivity index (χ0n) is 26.9. The molecule has 0 aliphatic heterocycles. The largest absolute Gasteiger partial charge is 0.485 e. The van der Waals surface area contributed by atoms with E-state index in [0.29, 0.717) is 24.9 Å². The Balaban J connectivity index is 3.86. The van der Waals surface area contributed by atoms with Gasteiger partial charge >= 0.3 is 8.56 Å². The molecule has 5 heteroatoms. The minimum absolute atomic E-state index is 0.171. The van der Waals surface area contributed by atoms with Gasteiger partial charge in [0.25, 0.3) is 11.9 Å². The van der Waals surface area contributed by atoms with Gasteiger partial charge in [-0.15, -0.1) is 0 Å². The van der Waals surface area contributed by atoms with Crippen LogP contribution in [0.1, 0.15) is 195 Å². The standard InChI is InChI=1S/C34H68O4Si/c1-5-9-11-13-15-17-19-21-23-25-27-29-31-33(35)37-39(7-3,8-4)38-34(36)32-30-28-26-24-22-20-18-16-14-12-10-6-2/h5-32H2,1-4H3. The van der Waals surface area contributed by atoms with Gasteiger partial charge in [-0.1, -0.05) is 169 Å². The quantitative estimate of drug-likeness (QED) is 0.0638. The second kappa shape index (κ2) is 28.7. The van der Waals surface area contributed by atoms with E-state index in [-0.39, 0.29) is 11.9 Å². The summed E-state index contributed by atoms with van der Waals surface area (Å²) in [6.07, 6.45) is 31.5. The van der Waals surface area contributed by atoms with Gasteiger partial charge in [-0.2, -0.15) is 0 Å². The van der Waals surface area contributed by atoms with Crippen LogP contribution in [0.15, 0.2) is 0 Å². The SMILES string of the molecule is CCCCCCCCCCCCCCC(=O)O[Si](CC)(CC)OC(=O)CCCCCCCCCCCCCC. The van der Waals surface area contributed by atoms with Gasteiger partial charge < -0.3 is 8.85 Å². The van der Waals surface area contributed by atoms with Crippen molar-refractivity contribution in [1.29, 1.82) is 0 Å². The average molecular weight is 569 g/mol. The Morgan fingerprint density at radius 1 is 0.385 bits per heavy atom. The highest BCUT2D eigenvalue weighted by atomic mass is 28.4. The maximum absolute atomic E-state index is 12.5. The first kappa shape index (κ1) is 38.2. The second-order valence-corrected chi connectivity index (χ2v) is 15.5. The molecule has 0 aliphatic carbocycles. The molecule has 0 heterocycles. The highest BCUT2D eigenvalue weighted by Crippen LogP contribution is 2.22. The van der Waals surface area contributed by atoms with Crippen molar-refractivity contribution in [3.63, 3.8) is 0 Å². The molecule has 0 aromatic carbocycles. The first-order chi connectivity index (χ1) is 19.0. The van der Waals surface area contributed by atoms with E-state index in [9.17, 15) is 9.59 Å². The van der Waals surface area contributed by atoms with Gasteiger partial charge in [0.1, 0.15) is 0 Å². The van der Waals surface area contributed by atoms with E-state index in [0.717, 1.165) is 25.7 Å². The normalized spacial score (nSPS) is 11.6. The lowest BCUT2D eigenvalue weighted by molar-refractivity contribution is -0.141. The van der Waals surface area contributed by atoms with Crippen LogP contribution < -0.4 is 0 Å². The monoisotopic (exact) mass is 568 g/mol. The molecule has 0 saturated heterocycles. The van der Waals surface area contributed by atoms with Crippen molar-refractivity contribution in [2.24, 2.45) is 0 Å². The summed E-state index contributed by atoms with van der Waals surface area (Å²) < 4.78 is 11.8. The number of carbonyl (C=O) groups excluding carboxylic acids is 2. The molecule has 0 N–H and O–H groups in total. The Kier molecular flexibility index (Phi) is 28.1. The summed E-state index contributed by atoms with van der Waals surface area (Å²) in [5, 5.41) is 0. The molecule has 0 aliphatic rings. The van der Waals surface area contributed by atoms with Gasteiger partial charge in [0.2, 0.25) is 0 Å². The number of hydrogen-bond acceptors (Lipinski definition) is 4. The summed E-state index contributed by atoms with van der Waals surface area (Å²) >= 11 is 0. The molecule has 0 amide bonds. The third kappa shape index (κ3) is 24.7. The van der Waals surface area contributed by atoms with Crippen LogP contribution >= 0.6 is 0 Å². The van der Waals surface area contributed by atoms with E-state index in [4.69, 9.17) is 8.85 Å². The van der Waals surface area contributed by atoms with Gasteiger partial charge in [-0.05, 0) is 12.8 Å². The van der Waals surface area contributed by atoms with Gasteiger partial charge in [0.05, 0.1) is 0 Å². The summed E-state index contributed by atoms with van der Waals surface area (Å²) in [4.78, 5) is 25.1. The fourth-order valence-electron chi connectivity index (χ4n) is 5.30. The van der Waals surface area contributed by atoms with Crippen LogP contribution in [-0.4, -0.2) is 20.5 Å². The Morgan fingerprint density at radius 3 is 0.846 bits per heavy atom. The van der Waals surface area contributed by atoms with Crippen LogP contribution in [0.4, 0.5) is 0 Å². The topological polar surface area (TPSA) is 52.6 Å². The lowest BCUT2D eigenvalue weighted by Crippen LogP contribution is -2.44. The van der Waals surface area contributed by atoms with Gasteiger partial charge in [-0.3, -0.25) is 9.59 Å². The molecule has 4 nitrogen and oxygen atoms in total. The number of carbonyl (C=O) groups is 2. The Bertz CT molecular complexity index is 503. The molecule has 0 bridgehead atoms. The second-order valence-electron chi connectivity index (χ2n) is 11.8. The zero-order valence-corrected chi connectivity index (χ0v) is 27.9. The van der Waals surface area contributed by atoms with Crippen molar-refractivity contribution in [3.05, 3.63) is 0 Å². The van der Waals surface area contributed by atoms with E-state index in [2.05, 4.69) is 13.8 Å². The van der Waals surface area contributed by atoms with E-state index in [1.807, 2.05) is 13.8 Å². The molecule has 0 saturated carbocycles. The van der Waals surface area contributed by atoms with Gasteiger partial charge in [-0.25, -0.2) is 0 Å². The average Bonchev–Trinajstić information content (AvgIpc) is 2.93. The molecule has 232 valence electrons. The van der Waals surface area contributed by atoms with Crippen LogP contribution in [0.25, 0.3) is 0 Å². The highest BCUT2D eigenvalue weighted by Gasteiger charge is 2.41. The van der Waals surface area contributed by atoms with E-state index in [1.165, 1.54) is 128 Å². The molecule has 0 fully saturated rings. The maximum atomic E-state index is 12.5. The van der Waals surface area contributed by atoms with Crippen LogP contribution in [-0.2, 0) is 18.4 Å².